The van der Waals surface area contributed by atoms with Crippen molar-refractivity contribution in [2.75, 3.05) is 11.5 Å². The summed E-state index contributed by atoms with van der Waals surface area (Å²) in [6.45, 7) is 2.10. The van der Waals surface area contributed by atoms with Crippen molar-refractivity contribution in [2.24, 2.45) is 0 Å². The summed E-state index contributed by atoms with van der Waals surface area (Å²) in [6, 6.07) is 10.6. The molecule has 2 aromatic rings. The van der Waals surface area contributed by atoms with Crippen LogP contribution in [-0.4, -0.2) is 28.8 Å². The summed E-state index contributed by atoms with van der Waals surface area (Å²) in [5.74, 6) is 0.0191. The van der Waals surface area contributed by atoms with Gasteiger partial charge in [-0.05, 0) is 42.4 Å². The van der Waals surface area contributed by atoms with Crippen molar-refractivity contribution < 1.29 is 5.11 Å². The van der Waals surface area contributed by atoms with Crippen molar-refractivity contribution in [3.05, 3.63) is 52.5 Å². The van der Waals surface area contributed by atoms with Crippen molar-refractivity contribution in [1.82, 2.24) is 4.98 Å². The van der Waals surface area contributed by atoms with Crippen LogP contribution in [0.2, 0.25) is 0 Å². The molecule has 1 N–H and O–H groups in total. The van der Waals surface area contributed by atoms with Crippen LogP contribution in [0.4, 0.5) is 5.13 Å². The maximum absolute atomic E-state index is 9.97. The van der Waals surface area contributed by atoms with E-state index >= 15 is 0 Å². The second kappa shape index (κ2) is 7.22. The van der Waals surface area contributed by atoms with Gasteiger partial charge in [0.05, 0.1) is 24.4 Å². The van der Waals surface area contributed by atoms with Crippen LogP contribution in [0.1, 0.15) is 48.9 Å². The van der Waals surface area contributed by atoms with Crippen LogP contribution >= 0.6 is 11.3 Å². The van der Waals surface area contributed by atoms with Gasteiger partial charge in [0.15, 0.2) is 5.13 Å². The number of nitriles is 1. The Balaban J connectivity index is 1.59. The molecule has 0 spiro atoms. The van der Waals surface area contributed by atoms with Gasteiger partial charge in [0.25, 0.3) is 0 Å². The molecule has 4 nitrogen and oxygen atoms in total. The van der Waals surface area contributed by atoms with Crippen LogP contribution in [0.25, 0.3) is 5.57 Å². The maximum atomic E-state index is 9.97. The van der Waals surface area contributed by atoms with E-state index in [9.17, 15) is 10.4 Å². The Kier molecular flexibility index (Phi) is 4.80. The van der Waals surface area contributed by atoms with Crippen molar-refractivity contribution in [3.8, 4) is 6.07 Å². The molecule has 0 unspecified atom stereocenters. The Morgan fingerprint density at radius 2 is 2.15 bits per heavy atom. The van der Waals surface area contributed by atoms with Gasteiger partial charge >= 0.3 is 0 Å². The number of rotatable bonds is 5. The molecule has 1 fully saturated rings. The average Bonchev–Trinajstić information content (AvgIpc) is 3.34. The maximum Gasteiger partial charge on any atom is 0.186 e. The lowest BCUT2D eigenvalue weighted by molar-refractivity contribution is 0.187. The summed E-state index contributed by atoms with van der Waals surface area (Å²) in [6.07, 6.45) is 6.77. The first-order valence-electron chi connectivity index (χ1n) is 9.29. The van der Waals surface area contributed by atoms with E-state index in [1.807, 2.05) is 10.3 Å². The van der Waals surface area contributed by atoms with Crippen LogP contribution in [0.3, 0.4) is 0 Å². The smallest absolute Gasteiger partial charge is 0.186 e. The van der Waals surface area contributed by atoms with E-state index < -0.39 is 0 Å². The summed E-state index contributed by atoms with van der Waals surface area (Å²) in [7, 11) is 0. The predicted octanol–water partition coefficient (Wildman–Crippen LogP) is 4.13. The van der Waals surface area contributed by atoms with Crippen LogP contribution < -0.4 is 4.90 Å². The third-order valence-corrected chi connectivity index (χ3v) is 6.46. The number of aliphatic hydroxyl groups is 1. The highest BCUT2D eigenvalue weighted by molar-refractivity contribution is 7.13. The molecule has 134 valence electrons. The lowest BCUT2D eigenvalue weighted by atomic mass is 9.76. The molecule has 0 radical (unpaired) electrons. The zero-order valence-electron chi connectivity index (χ0n) is 14.9. The molecule has 0 bridgehead atoms. The molecule has 1 aromatic heterocycles. The van der Waals surface area contributed by atoms with Crippen molar-refractivity contribution in [3.63, 3.8) is 0 Å². The third-order valence-electron chi connectivity index (χ3n) is 5.56. The summed E-state index contributed by atoms with van der Waals surface area (Å²) in [5.41, 5.74) is 4.87. The Morgan fingerprint density at radius 1 is 1.35 bits per heavy atom. The molecule has 3 atom stereocenters. The Morgan fingerprint density at radius 3 is 2.73 bits per heavy atom. The van der Waals surface area contributed by atoms with Crippen molar-refractivity contribution in [2.45, 2.75) is 50.6 Å². The van der Waals surface area contributed by atoms with Crippen LogP contribution in [0.15, 0.2) is 35.7 Å². The van der Waals surface area contributed by atoms with Gasteiger partial charge in [-0.25, -0.2) is 4.98 Å². The molecular weight excluding hydrogens is 342 g/mol. The lowest BCUT2D eigenvalue weighted by Crippen LogP contribution is -2.63. The first-order valence-corrected chi connectivity index (χ1v) is 10.2. The van der Waals surface area contributed by atoms with Crippen LogP contribution in [0.5, 0.6) is 0 Å². The number of anilines is 1. The molecule has 5 heteroatoms. The van der Waals surface area contributed by atoms with Gasteiger partial charge in [-0.1, -0.05) is 37.3 Å². The van der Waals surface area contributed by atoms with E-state index in [2.05, 4.69) is 48.3 Å². The Labute approximate surface area is 158 Å². The number of benzene rings is 1. The van der Waals surface area contributed by atoms with Gasteiger partial charge in [-0.15, -0.1) is 11.3 Å². The number of nitrogens with zero attached hydrogens (tertiary/aromatic N) is 3. The van der Waals surface area contributed by atoms with E-state index in [1.54, 1.807) is 11.3 Å². The first-order chi connectivity index (χ1) is 12.8. The molecule has 2 heterocycles. The van der Waals surface area contributed by atoms with E-state index in [4.69, 9.17) is 0 Å². The van der Waals surface area contributed by atoms with Gasteiger partial charge in [0.1, 0.15) is 6.04 Å². The monoisotopic (exact) mass is 365 g/mol. The van der Waals surface area contributed by atoms with E-state index in [0.29, 0.717) is 0 Å². The number of hydrogen-bond donors (Lipinski definition) is 1. The summed E-state index contributed by atoms with van der Waals surface area (Å²) < 4.78 is 0. The fraction of sp³-hybridized carbons (Fsp3) is 0.429. The minimum absolute atomic E-state index is 0.0191. The molecule has 1 aromatic carbocycles. The molecule has 1 aliphatic heterocycles. The minimum atomic E-state index is -0.278. The lowest BCUT2D eigenvalue weighted by Gasteiger charge is -2.51. The van der Waals surface area contributed by atoms with Gasteiger partial charge in [0, 0.05) is 11.3 Å². The highest BCUT2D eigenvalue weighted by Crippen LogP contribution is 2.44. The number of hydrogen-bond acceptors (Lipinski definition) is 5. The van der Waals surface area contributed by atoms with Gasteiger partial charge in [-0.3, -0.25) is 0 Å². The molecule has 4 rings (SSSR count). The highest BCUT2D eigenvalue weighted by Gasteiger charge is 2.50. The SMILES string of the molecule is CCc1csc(N2[C@@H](C#N)[C@@H](c3ccc(C4=CCCC4)cc3)[C@@H]2CO)n1. The second-order valence-electron chi connectivity index (χ2n) is 6.98. The highest BCUT2D eigenvalue weighted by atomic mass is 32.1. The van der Waals surface area contributed by atoms with Crippen LogP contribution in [-0.2, 0) is 6.42 Å². The minimum Gasteiger partial charge on any atom is -0.394 e. The largest absolute Gasteiger partial charge is 0.394 e. The quantitative estimate of drug-likeness (QED) is 0.865. The molecular formula is C21H23N3OS. The van der Waals surface area contributed by atoms with Gasteiger partial charge in [0.2, 0.25) is 0 Å². The summed E-state index contributed by atoms with van der Waals surface area (Å²) >= 11 is 1.56. The number of allylic oxidation sites excluding steroid dienone is 2. The van der Waals surface area contributed by atoms with Gasteiger partial charge < -0.3 is 10.0 Å². The normalized spacial score (nSPS) is 24.9. The molecule has 0 amide bonds. The van der Waals surface area contributed by atoms with E-state index in [1.165, 1.54) is 24.0 Å². The van der Waals surface area contributed by atoms with E-state index in [-0.39, 0.29) is 24.6 Å². The number of aromatic nitrogens is 1. The number of aliphatic hydroxyl groups excluding tert-OH is 1. The zero-order chi connectivity index (χ0) is 18.1. The fourth-order valence-corrected chi connectivity index (χ4v) is 5.10. The Bertz CT molecular complexity index is 849. The fourth-order valence-electron chi connectivity index (χ4n) is 4.10. The van der Waals surface area contributed by atoms with Crippen molar-refractivity contribution >= 4 is 22.0 Å². The second-order valence-corrected chi connectivity index (χ2v) is 7.81. The zero-order valence-corrected chi connectivity index (χ0v) is 15.7. The standard InChI is InChI=1S/C21H23N3OS/c1-2-17-13-26-21(23-17)24-18(11-22)20(19(24)12-25)16-9-7-15(8-10-16)14-5-3-4-6-14/h5,7-10,13,18-20,25H,2-4,6,12H2,1H3/t18-,19-,20+/m0/s1. The molecule has 1 saturated heterocycles. The average molecular weight is 366 g/mol. The van der Waals surface area contributed by atoms with Gasteiger partial charge in [-0.2, -0.15) is 5.26 Å². The molecule has 26 heavy (non-hydrogen) atoms. The Hall–Kier alpha value is -2.16. The molecule has 2 aliphatic rings. The number of aryl methyl sites for hydroxylation is 1. The topological polar surface area (TPSA) is 60.2 Å². The summed E-state index contributed by atoms with van der Waals surface area (Å²) in [4.78, 5) is 6.60. The predicted molar refractivity (Wildman–Crippen MR) is 105 cm³/mol. The van der Waals surface area contributed by atoms with Crippen molar-refractivity contribution in [1.29, 1.82) is 5.26 Å². The summed E-state index contributed by atoms with van der Waals surface area (Å²) in [5, 5.41) is 22.6. The first kappa shape index (κ1) is 17.3. The third kappa shape index (κ3) is 2.84. The number of thiazole rings is 1. The molecule has 0 saturated carbocycles. The van der Waals surface area contributed by atoms with Crippen LogP contribution in [0, 0.1) is 11.3 Å². The van der Waals surface area contributed by atoms with E-state index in [0.717, 1.165) is 29.2 Å². The molecule has 1 aliphatic carbocycles.